The first-order valence-corrected chi connectivity index (χ1v) is 2.97. The monoisotopic (exact) mass is 142 g/mol. The van der Waals surface area contributed by atoms with Gasteiger partial charge in [0.1, 0.15) is 6.26 Å². The molecule has 4 heteroatoms. The lowest BCUT2D eigenvalue weighted by Crippen LogP contribution is -2.50. The summed E-state index contributed by atoms with van der Waals surface area (Å²) in [5, 5.41) is 0. The Labute approximate surface area is 59.0 Å². The zero-order valence-corrected chi connectivity index (χ0v) is 5.97. The first-order chi connectivity index (χ1) is 4.57. The van der Waals surface area contributed by atoms with Gasteiger partial charge in [0.2, 0.25) is 5.91 Å². The van der Waals surface area contributed by atoms with Crippen molar-refractivity contribution in [2.75, 3.05) is 0 Å². The molecule has 1 aliphatic rings. The number of hydroxylamine groups is 1. The average Bonchev–Trinajstić information content (AvgIpc) is 2.15. The van der Waals surface area contributed by atoms with Gasteiger partial charge in [-0.3, -0.25) is 4.79 Å². The van der Waals surface area contributed by atoms with Crippen molar-refractivity contribution in [2.45, 2.75) is 19.4 Å². The van der Waals surface area contributed by atoms with Gasteiger partial charge in [0.15, 0.2) is 5.54 Å². The molecule has 1 amide bonds. The molecule has 0 aromatic carbocycles. The number of nitrogens with two attached hydrogens (primary N) is 1. The van der Waals surface area contributed by atoms with Crippen LogP contribution in [0.4, 0.5) is 0 Å². The molecule has 0 saturated carbocycles. The molecule has 4 nitrogen and oxygen atoms in total. The van der Waals surface area contributed by atoms with Crippen LogP contribution in [0.1, 0.15) is 13.8 Å². The fraction of sp³-hybridized carbons (Fsp3) is 0.500. The van der Waals surface area contributed by atoms with E-state index in [1.807, 2.05) is 0 Å². The number of hydrogen-bond acceptors (Lipinski definition) is 3. The summed E-state index contributed by atoms with van der Waals surface area (Å²) in [6.07, 6.45) is 1.48. The number of rotatable bonds is 1. The third-order valence-corrected chi connectivity index (χ3v) is 1.78. The molecular weight excluding hydrogens is 132 g/mol. The standard InChI is InChI=1S/C6H10N2O2/c1-4-3-10-8-6(4,2)5(7)9/h3,8H,1-2H3,(H2,7,9). The molecule has 0 aromatic rings. The molecule has 0 spiro atoms. The first kappa shape index (κ1) is 7.08. The van der Waals surface area contributed by atoms with Gasteiger partial charge >= 0.3 is 0 Å². The van der Waals surface area contributed by atoms with Crippen molar-refractivity contribution in [3.8, 4) is 0 Å². The predicted octanol–water partition coefficient (Wildman–Crippen LogP) is -0.331. The summed E-state index contributed by atoms with van der Waals surface area (Å²) in [7, 11) is 0. The highest BCUT2D eigenvalue weighted by Crippen LogP contribution is 2.20. The Hall–Kier alpha value is -1.03. The van der Waals surface area contributed by atoms with Crippen LogP contribution in [0.3, 0.4) is 0 Å². The van der Waals surface area contributed by atoms with Crippen LogP contribution in [-0.4, -0.2) is 11.4 Å². The maximum absolute atomic E-state index is 10.8. The Balaban J connectivity index is 2.89. The molecule has 0 bridgehead atoms. The van der Waals surface area contributed by atoms with E-state index in [-0.39, 0.29) is 0 Å². The second-order valence-corrected chi connectivity index (χ2v) is 2.51. The minimum Gasteiger partial charge on any atom is -0.415 e. The van der Waals surface area contributed by atoms with Gasteiger partial charge in [-0.15, -0.1) is 5.48 Å². The average molecular weight is 142 g/mol. The third-order valence-electron chi connectivity index (χ3n) is 1.78. The van der Waals surface area contributed by atoms with Crippen LogP contribution in [0, 0.1) is 0 Å². The lowest BCUT2D eigenvalue weighted by atomic mass is 9.95. The van der Waals surface area contributed by atoms with Gasteiger partial charge in [-0.25, -0.2) is 0 Å². The number of amides is 1. The molecule has 0 aromatic heterocycles. The van der Waals surface area contributed by atoms with E-state index in [2.05, 4.69) is 5.48 Å². The lowest BCUT2D eigenvalue weighted by Gasteiger charge is -2.18. The first-order valence-electron chi connectivity index (χ1n) is 2.97. The normalized spacial score (nSPS) is 31.2. The molecule has 1 atom stereocenters. The Morgan fingerprint density at radius 2 is 2.50 bits per heavy atom. The van der Waals surface area contributed by atoms with Gasteiger partial charge in [0, 0.05) is 0 Å². The predicted molar refractivity (Wildman–Crippen MR) is 35.6 cm³/mol. The minimum absolute atomic E-state index is 0.432. The Kier molecular flexibility index (Phi) is 1.40. The highest BCUT2D eigenvalue weighted by Gasteiger charge is 2.37. The molecule has 0 fully saturated rings. The lowest BCUT2D eigenvalue weighted by molar-refractivity contribution is -0.124. The molecule has 1 rings (SSSR count). The van der Waals surface area contributed by atoms with E-state index < -0.39 is 11.4 Å². The molecule has 3 N–H and O–H groups in total. The van der Waals surface area contributed by atoms with Crippen LogP contribution >= 0.6 is 0 Å². The van der Waals surface area contributed by atoms with E-state index in [4.69, 9.17) is 10.6 Å². The summed E-state index contributed by atoms with van der Waals surface area (Å²) in [6.45, 7) is 3.46. The number of carbonyl (C=O) groups excluding carboxylic acids is 1. The quantitative estimate of drug-likeness (QED) is 0.527. The van der Waals surface area contributed by atoms with Gasteiger partial charge < -0.3 is 10.6 Å². The SMILES string of the molecule is CC1=CONC1(C)C(N)=O. The van der Waals surface area contributed by atoms with E-state index in [0.717, 1.165) is 5.57 Å². The van der Waals surface area contributed by atoms with Crippen molar-refractivity contribution in [1.82, 2.24) is 5.48 Å². The molecule has 1 unspecified atom stereocenters. The van der Waals surface area contributed by atoms with Gasteiger partial charge in [-0.05, 0) is 19.4 Å². The number of carbonyl (C=O) groups is 1. The maximum Gasteiger partial charge on any atom is 0.245 e. The molecule has 0 radical (unpaired) electrons. The molecule has 10 heavy (non-hydrogen) atoms. The molecule has 1 heterocycles. The zero-order chi connectivity index (χ0) is 7.78. The van der Waals surface area contributed by atoms with Gasteiger partial charge in [-0.1, -0.05) is 0 Å². The summed E-state index contributed by atoms with van der Waals surface area (Å²) < 4.78 is 0. The van der Waals surface area contributed by atoms with Crippen LogP contribution in [-0.2, 0) is 9.63 Å². The molecule has 0 aliphatic carbocycles. The molecule has 1 aliphatic heterocycles. The van der Waals surface area contributed by atoms with E-state index in [9.17, 15) is 4.79 Å². The fourth-order valence-corrected chi connectivity index (χ4v) is 0.679. The summed E-state index contributed by atoms with van der Waals surface area (Å²) >= 11 is 0. The summed E-state index contributed by atoms with van der Waals surface area (Å²) in [5.41, 5.74) is 7.59. The molecule has 0 saturated heterocycles. The topological polar surface area (TPSA) is 64.3 Å². The Morgan fingerprint density at radius 1 is 1.90 bits per heavy atom. The number of nitrogens with one attached hydrogen (secondary N) is 1. The van der Waals surface area contributed by atoms with Gasteiger partial charge in [-0.2, -0.15) is 0 Å². The highest BCUT2D eigenvalue weighted by molar-refractivity contribution is 5.87. The molecule has 56 valence electrons. The number of hydrogen-bond donors (Lipinski definition) is 2. The van der Waals surface area contributed by atoms with Crippen molar-refractivity contribution >= 4 is 5.91 Å². The van der Waals surface area contributed by atoms with Crippen LogP contribution < -0.4 is 11.2 Å². The van der Waals surface area contributed by atoms with Crippen molar-refractivity contribution < 1.29 is 9.63 Å². The van der Waals surface area contributed by atoms with E-state index in [0.29, 0.717) is 0 Å². The Morgan fingerprint density at radius 3 is 2.70 bits per heavy atom. The zero-order valence-electron chi connectivity index (χ0n) is 5.97. The summed E-state index contributed by atoms with van der Waals surface area (Å²) in [4.78, 5) is 15.5. The highest BCUT2D eigenvalue weighted by atomic mass is 16.6. The van der Waals surface area contributed by atoms with Crippen molar-refractivity contribution in [1.29, 1.82) is 0 Å². The van der Waals surface area contributed by atoms with Crippen molar-refractivity contribution in [3.63, 3.8) is 0 Å². The second-order valence-electron chi connectivity index (χ2n) is 2.51. The van der Waals surface area contributed by atoms with E-state index in [1.165, 1.54) is 6.26 Å². The van der Waals surface area contributed by atoms with Gasteiger partial charge in [0.25, 0.3) is 0 Å². The molecular formula is C6H10N2O2. The van der Waals surface area contributed by atoms with Crippen LogP contribution in [0.5, 0.6) is 0 Å². The van der Waals surface area contributed by atoms with E-state index in [1.54, 1.807) is 13.8 Å². The smallest absolute Gasteiger partial charge is 0.245 e. The number of primary amides is 1. The summed E-state index contributed by atoms with van der Waals surface area (Å²) in [6, 6.07) is 0. The van der Waals surface area contributed by atoms with Crippen LogP contribution in [0.2, 0.25) is 0 Å². The van der Waals surface area contributed by atoms with Crippen LogP contribution in [0.25, 0.3) is 0 Å². The maximum atomic E-state index is 10.8. The fourth-order valence-electron chi connectivity index (χ4n) is 0.679. The van der Waals surface area contributed by atoms with Gasteiger partial charge in [0.05, 0.1) is 0 Å². The largest absolute Gasteiger partial charge is 0.415 e. The third kappa shape index (κ3) is 0.769. The minimum atomic E-state index is -0.819. The van der Waals surface area contributed by atoms with Crippen molar-refractivity contribution in [3.05, 3.63) is 11.8 Å². The van der Waals surface area contributed by atoms with Crippen LogP contribution in [0.15, 0.2) is 11.8 Å². The second kappa shape index (κ2) is 1.98. The Bertz CT molecular complexity index is 200. The van der Waals surface area contributed by atoms with E-state index >= 15 is 0 Å². The summed E-state index contributed by atoms with van der Waals surface area (Å²) in [5.74, 6) is -0.432. The van der Waals surface area contributed by atoms with Crippen molar-refractivity contribution in [2.24, 2.45) is 5.73 Å².